The molecule has 1 aromatic heterocycles. The SMILES string of the molecule is COc1cccc(C2CNNC2C2CCN(C(=O)c3ccccn3)CC2)c1. The summed E-state index contributed by atoms with van der Waals surface area (Å²) in [6.07, 6.45) is 3.67. The highest BCUT2D eigenvalue weighted by Crippen LogP contribution is 2.33. The van der Waals surface area contributed by atoms with Crippen molar-refractivity contribution in [2.45, 2.75) is 24.8 Å². The number of methoxy groups -OCH3 is 1. The fraction of sp³-hybridized carbons (Fsp3) is 0.429. The van der Waals surface area contributed by atoms with Gasteiger partial charge in [0.2, 0.25) is 0 Å². The number of nitrogens with one attached hydrogen (secondary N) is 2. The zero-order chi connectivity index (χ0) is 18.6. The molecule has 0 radical (unpaired) electrons. The summed E-state index contributed by atoms with van der Waals surface area (Å²) in [4.78, 5) is 18.7. The number of amides is 1. The second-order valence-electron chi connectivity index (χ2n) is 7.28. The van der Waals surface area contributed by atoms with Crippen molar-refractivity contribution in [2.75, 3.05) is 26.7 Å². The maximum atomic E-state index is 12.6. The van der Waals surface area contributed by atoms with Crippen LogP contribution in [0, 0.1) is 5.92 Å². The lowest BCUT2D eigenvalue weighted by Crippen LogP contribution is -2.46. The summed E-state index contributed by atoms with van der Waals surface area (Å²) in [5, 5.41) is 0. The smallest absolute Gasteiger partial charge is 0.272 e. The van der Waals surface area contributed by atoms with Gasteiger partial charge in [0, 0.05) is 37.8 Å². The first-order valence-electron chi connectivity index (χ1n) is 9.59. The highest BCUT2D eigenvalue weighted by atomic mass is 16.5. The van der Waals surface area contributed by atoms with Crippen LogP contribution in [0.15, 0.2) is 48.7 Å². The van der Waals surface area contributed by atoms with Crippen molar-refractivity contribution >= 4 is 5.91 Å². The standard InChI is InChI=1S/C21H26N4O2/c1-27-17-6-4-5-16(13-17)18-14-23-24-20(18)15-8-11-25(12-9-15)21(26)19-7-2-3-10-22-19/h2-7,10,13,15,18,20,23-24H,8-9,11-12,14H2,1H3. The van der Waals surface area contributed by atoms with Crippen molar-refractivity contribution in [1.29, 1.82) is 0 Å². The van der Waals surface area contributed by atoms with Gasteiger partial charge < -0.3 is 9.64 Å². The number of pyridine rings is 1. The summed E-state index contributed by atoms with van der Waals surface area (Å²) in [5.74, 6) is 1.87. The highest BCUT2D eigenvalue weighted by molar-refractivity contribution is 5.92. The average Bonchev–Trinajstić information content (AvgIpc) is 3.24. The molecular formula is C21H26N4O2. The van der Waals surface area contributed by atoms with Crippen molar-refractivity contribution in [2.24, 2.45) is 5.92 Å². The minimum Gasteiger partial charge on any atom is -0.497 e. The minimum absolute atomic E-state index is 0.0379. The number of likely N-dealkylation sites (tertiary alicyclic amines) is 1. The van der Waals surface area contributed by atoms with Gasteiger partial charge in [-0.25, -0.2) is 0 Å². The van der Waals surface area contributed by atoms with Crippen molar-refractivity contribution in [3.05, 3.63) is 59.9 Å². The number of aromatic nitrogens is 1. The van der Waals surface area contributed by atoms with Gasteiger partial charge in [0.05, 0.1) is 7.11 Å². The Morgan fingerprint density at radius 1 is 1.19 bits per heavy atom. The Balaban J connectivity index is 1.40. The quantitative estimate of drug-likeness (QED) is 0.868. The number of hydrogen-bond acceptors (Lipinski definition) is 5. The van der Waals surface area contributed by atoms with Crippen LogP contribution >= 0.6 is 0 Å². The molecule has 0 aliphatic carbocycles. The molecule has 1 aromatic carbocycles. The number of nitrogens with zero attached hydrogens (tertiary/aromatic N) is 2. The third-order valence-electron chi connectivity index (χ3n) is 5.76. The van der Waals surface area contributed by atoms with Gasteiger partial charge in [0.1, 0.15) is 11.4 Å². The summed E-state index contributed by atoms with van der Waals surface area (Å²) in [7, 11) is 1.70. The van der Waals surface area contributed by atoms with E-state index in [1.165, 1.54) is 5.56 Å². The molecule has 2 aliphatic rings. The maximum absolute atomic E-state index is 12.6. The van der Waals surface area contributed by atoms with Crippen molar-refractivity contribution in [1.82, 2.24) is 20.7 Å². The van der Waals surface area contributed by atoms with Crippen LogP contribution in [-0.2, 0) is 0 Å². The van der Waals surface area contributed by atoms with Crippen LogP contribution in [0.4, 0.5) is 0 Å². The van der Waals surface area contributed by atoms with Crippen LogP contribution in [0.3, 0.4) is 0 Å². The molecule has 2 aromatic rings. The topological polar surface area (TPSA) is 66.5 Å². The van der Waals surface area contributed by atoms with Crippen LogP contribution in [-0.4, -0.2) is 48.6 Å². The Kier molecular flexibility index (Phi) is 5.36. The molecule has 142 valence electrons. The molecule has 1 amide bonds. The maximum Gasteiger partial charge on any atom is 0.272 e. The van der Waals surface area contributed by atoms with Gasteiger partial charge in [-0.15, -0.1) is 0 Å². The Bertz CT molecular complexity index is 775. The normalized spacial score (nSPS) is 23.4. The minimum atomic E-state index is 0.0379. The fourth-order valence-corrected chi connectivity index (χ4v) is 4.27. The number of piperidine rings is 1. The Morgan fingerprint density at radius 2 is 2.04 bits per heavy atom. The predicted molar refractivity (Wildman–Crippen MR) is 104 cm³/mol. The number of benzene rings is 1. The molecule has 0 spiro atoms. The van der Waals surface area contributed by atoms with Gasteiger partial charge >= 0.3 is 0 Å². The van der Waals surface area contributed by atoms with Crippen molar-refractivity contribution in [3.63, 3.8) is 0 Å². The first-order valence-corrected chi connectivity index (χ1v) is 9.59. The van der Waals surface area contributed by atoms with E-state index in [4.69, 9.17) is 4.74 Å². The Morgan fingerprint density at radius 3 is 2.78 bits per heavy atom. The molecule has 4 rings (SSSR count). The summed E-state index contributed by atoms with van der Waals surface area (Å²) >= 11 is 0. The lowest BCUT2D eigenvalue weighted by molar-refractivity contribution is 0.0664. The first-order chi connectivity index (χ1) is 13.3. The van der Waals surface area contributed by atoms with E-state index in [9.17, 15) is 4.79 Å². The second-order valence-corrected chi connectivity index (χ2v) is 7.28. The van der Waals surface area contributed by atoms with Gasteiger partial charge in [-0.3, -0.25) is 20.6 Å². The molecule has 0 saturated carbocycles. The van der Waals surface area contributed by atoms with Crippen molar-refractivity contribution in [3.8, 4) is 5.75 Å². The number of carbonyl (C=O) groups is 1. The Hall–Kier alpha value is -2.44. The summed E-state index contributed by atoms with van der Waals surface area (Å²) in [5.41, 5.74) is 8.64. The van der Waals surface area contributed by atoms with E-state index in [0.29, 0.717) is 23.6 Å². The molecule has 6 heteroatoms. The van der Waals surface area contributed by atoms with Crippen molar-refractivity contribution < 1.29 is 9.53 Å². The zero-order valence-electron chi connectivity index (χ0n) is 15.6. The molecule has 2 unspecified atom stereocenters. The van der Waals surface area contributed by atoms with E-state index in [2.05, 4.69) is 34.0 Å². The molecule has 3 heterocycles. The second kappa shape index (κ2) is 8.06. The van der Waals surface area contributed by atoms with Gasteiger partial charge in [-0.2, -0.15) is 0 Å². The lowest BCUT2D eigenvalue weighted by atomic mass is 9.80. The van der Waals surface area contributed by atoms with E-state index in [1.807, 2.05) is 23.1 Å². The average molecular weight is 366 g/mol. The number of carbonyl (C=O) groups excluding carboxylic acids is 1. The number of hydrazine groups is 1. The van der Waals surface area contributed by atoms with Crippen LogP contribution in [0.25, 0.3) is 0 Å². The van der Waals surface area contributed by atoms with Crippen LogP contribution in [0.5, 0.6) is 5.75 Å². The van der Waals surface area contributed by atoms with Gasteiger partial charge in [-0.1, -0.05) is 18.2 Å². The molecule has 2 saturated heterocycles. The predicted octanol–water partition coefficient (Wildman–Crippen LogP) is 2.20. The lowest BCUT2D eigenvalue weighted by Gasteiger charge is -2.36. The Labute approximate surface area is 159 Å². The van der Waals surface area contributed by atoms with E-state index >= 15 is 0 Å². The summed E-state index contributed by atoms with van der Waals surface area (Å²) in [6, 6.07) is 14.2. The first kappa shape index (κ1) is 17.9. The third kappa shape index (κ3) is 3.82. The van der Waals surface area contributed by atoms with Crippen LogP contribution in [0.2, 0.25) is 0 Å². The molecule has 6 nitrogen and oxygen atoms in total. The van der Waals surface area contributed by atoms with Crippen LogP contribution in [0.1, 0.15) is 34.8 Å². The molecular weight excluding hydrogens is 340 g/mol. The zero-order valence-corrected chi connectivity index (χ0v) is 15.6. The van der Waals surface area contributed by atoms with Gasteiger partial charge in [-0.05, 0) is 48.6 Å². The number of rotatable bonds is 4. The third-order valence-corrected chi connectivity index (χ3v) is 5.76. The molecule has 2 atom stereocenters. The molecule has 0 bridgehead atoms. The molecule has 2 aliphatic heterocycles. The molecule has 2 fully saturated rings. The van der Waals surface area contributed by atoms with E-state index in [1.54, 1.807) is 19.4 Å². The molecule has 27 heavy (non-hydrogen) atoms. The number of ether oxygens (including phenoxy) is 1. The monoisotopic (exact) mass is 366 g/mol. The summed E-state index contributed by atoms with van der Waals surface area (Å²) in [6.45, 7) is 2.47. The highest BCUT2D eigenvalue weighted by Gasteiger charge is 2.37. The van der Waals surface area contributed by atoms with E-state index < -0.39 is 0 Å². The van der Waals surface area contributed by atoms with E-state index in [0.717, 1.165) is 38.2 Å². The largest absolute Gasteiger partial charge is 0.497 e. The van der Waals surface area contributed by atoms with E-state index in [-0.39, 0.29) is 5.91 Å². The van der Waals surface area contributed by atoms with Gasteiger partial charge in [0.25, 0.3) is 5.91 Å². The van der Waals surface area contributed by atoms with Gasteiger partial charge in [0.15, 0.2) is 0 Å². The number of hydrogen-bond donors (Lipinski definition) is 2. The fourth-order valence-electron chi connectivity index (χ4n) is 4.27. The molecule has 2 N–H and O–H groups in total. The van der Waals surface area contributed by atoms with Crippen LogP contribution < -0.4 is 15.6 Å². The summed E-state index contributed by atoms with van der Waals surface area (Å²) < 4.78 is 5.39.